The predicted octanol–water partition coefficient (Wildman–Crippen LogP) is 9.64. The number of hydrogen-bond acceptors (Lipinski definition) is 4. The summed E-state index contributed by atoms with van der Waals surface area (Å²) in [7, 11) is 0. The van der Waals surface area contributed by atoms with Crippen molar-refractivity contribution in [3.63, 3.8) is 0 Å². The first-order valence-corrected chi connectivity index (χ1v) is 15.1. The summed E-state index contributed by atoms with van der Waals surface area (Å²) in [5.74, 6) is 3.60. The second kappa shape index (κ2) is 14.2. The lowest BCUT2D eigenvalue weighted by atomic mass is 9.78. The van der Waals surface area contributed by atoms with E-state index in [0.717, 1.165) is 34.1 Å². The normalized spacial score (nSPS) is 11.1. The van der Waals surface area contributed by atoms with Crippen molar-refractivity contribution in [1.29, 1.82) is 0 Å². The smallest absolute Gasteiger partial charge is 0.119 e. The molecule has 0 saturated carbocycles. The Balaban J connectivity index is 1.22. The van der Waals surface area contributed by atoms with Crippen LogP contribution in [0.5, 0.6) is 11.5 Å². The minimum atomic E-state index is -0.127. The molecule has 2 nitrogen and oxygen atoms in total. The standard InChI is InChI=1S/C35H36O2S2/c1-5-27-7-19-33(20-8-27)38-25-23-36-31-15-11-29(12-16-31)35(3,4)30-13-17-32(18-14-30)37-24-26-39-34-21-9-28(6-2)10-22-34/h5-22H,1-2,23-26H2,3-4H3. The molecule has 0 aromatic heterocycles. The van der Waals surface area contributed by atoms with Gasteiger partial charge >= 0.3 is 0 Å². The fourth-order valence-electron chi connectivity index (χ4n) is 4.14. The van der Waals surface area contributed by atoms with Gasteiger partial charge in [-0.25, -0.2) is 0 Å². The van der Waals surface area contributed by atoms with Crippen LogP contribution in [-0.2, 0) is 5.41 Å². The Morgan fingerprint density at radius 1 is 0.564 bits per heavy atom. The fraction of sp³-hybridized carbons (Fsp3) is 0.200. The summed E-state index contributed by atoms with van der Waals surface area (Å²) < 4.78 is 12.0. The summed E-state index contributed by atoms with van der Waals surface area (Å²) in [5, 5.41) is 0. The molecular weight excluding hydrogens is 517 g/mol. The summed E-state index contributed by atoms with van der Waals surface area (Å²) in [4.78, 5) is 2.48. The van der Waals surface area contributed by atoms with Gasteiger partial charge in [0.05, 0.1) is 13.2 Å². The van der Waals surface area contributed by atoms with Crippen molar-refractivity contribution >= 4 is 35.7 Å². The van der Waals surface area contributed by atoms with Crippen molar-refractivity contribution in [3.8, 4) is 11.5 Å². The molecule has 0 spiro atoms. The molecule has 0 unspecified atom stereocenters. The van der Waals surface area contributed by atoms with Crippen LogP contribution in [0.3, 0.4) is 0 Å². The molecule has 0 aliphatic rings. The lowest BCUT2D eigenvalue weighted by molar-refractivity contribution is 0.343. The molecule has 4 aromatic carbocycles. The number of ether oxygens (including phenoxy) is 2. The Morgan fingerprint density at radius 2 is 0.923 bits per heavy atom. The predicted molar refractivity (Wildman–Crippen MR) is 171 cm³/mol. The summed E-state index contributed by atoms with van der Waals surface area (Å²) in [6, 6.07) is 33.8. The summed E-state index contributed by atoms with van der Waals surface area (Å²) in [6.45, 7) is 13.4. The minimum absolute atomic E-state index is 0.127. The molecule has 200 valence electrons. The van der Waals surface area contributed by atoms with Crippen LogP contribution in [0.25, 0.3) is 12.2 Å². The number of benzene rings is 4. The largest absolute Gasteiger partial charge is 0.493 e. The molecular formula is C35H36O2S2. The van der Waals surface area contributed by atoms with Crippen molar-refractivity contribution in [2.75, 3.05) is 24.7 Å². The Morgan fingerprint density at radius 3 is 1.26 bits per heavy atom. The van der Waals surface area contributed by atoms with E-state index in [9.17, 15) is 0 Å². The van der Waals surface area contributed by atoms with E-state index >= 15 is 0 Å². The van der Waals surface area contributed by atoms with Crippen molar-refractivity contribution in [1.82, 2.24) is 0 Å². The summed E-state index contributed by atoms with van der Waals surface area (Å²) >= 11 is 3.59. The van der Waals surface area contributed by atoms with Crippen molar-refractivity contribution in [2.24, 2.45) is 0 Å². The van der Waals surface area contributed by atoms with Gasteiger partial charge in [-0.2, -0.15) is 0 Å². The van der Waals surface area contributed by atoms with Gasteiger partial charge in [0.15, 0.2) is 0 Å². The maximum atomic E-state index is 5.99. The highest BCUT2D eigenvalue weighted by molar-refractivity contribution is 7.99. The van der Waals surface area contributed by atoms with Crippen LogP contribution in [-0.4, -0.2) is 24.7 Å². The first kappa shape index (κ1) is 28.7. The molecule has 0 atom stereocenters. The third-order valence-electron chi connectivity index (χ3n) is 6.63. The Hall–Kier alpha value is -3.34. The number of hydrogen-bond donors (Lipinski definition) is 0. The average Bonchev–Trinajstić information content (AvgIpc) is 2.98. The van der Waals surface area contributed by atoms with E-state index in [0.29, 0.717) is 13.2 Å². The summed E-state index contributed by atoms with van der Waals surface area (Å²) in [6.07, 6.45) is 3.72. The lowest BCUT2D eigenvalue weighted by Crippen LogP contribution is -2.18. The van der Waals surface area contributed by atoms with Crippen molar-refractivity contribution in [3.05, 3.63) is 132 Å². The van der Waals surface area contributed by atoms with Crippen LogP contribution in [0.2, 0.25) is 0 Å². The Labute approximate surface area is 242 Å². The molecule has 0 N–H and O–H groups in total. The van der Waals surface area contributed by atoms with Crippen molar-refractivity contribution < 1.29 is 9.47 Å². The maximum absolute atomic E-state index is 5.99. The SMILES string of the molecule is C=Cc1ccc(SCCOc2ccc(C(C)(C)c3ccc(OCCSc4ccc(C=C)cc4)cc3)cc2)cc1. The van der Waals surface area contributed by atoms with E-state index < -0.39 is 0 Å². The minimum Gasteiger partial charge on any atom is -0.493 e. The van der Waals surface area contributed by atoms with Gasteiger partial charge < -0.3 is 9.47 Å². The van der Waals surface area contributed by atoms with E-state index in [1.165, 1.54) is 20.9 Å². The molecule has 4 rings (SSSR count). The molecule has 0 aliphatic heterocycles. The molecule has 0 aliphatic carbocycles. The fourth-order valence-corrected chi connectivity index (χ4v) is 5.60. The highest BCUT2D eigenvalue weighted by Crippen LogP contribution is 2.33. The maximum Gasteiger partial charge on any atom is 0.119 e. The zero-order chi connectivity index (χ0) is 27.5. The van der Waals surface area contributed by atoms with Crippen molar-refractivity contribution in [2.45, 2.75) is 29.1 Å². The first-order chi connectivity index (χ1) is 19.0. The van der Waals surface area contributed by atoms with E-state index in [1.54, 1.807) is 23.5 Å². The lowest BCUT2D eigenvalue weighted by Gasteiger charge is -2.26. The molecule has 0 bridgehead atoms. The molecule has 0 amide bonds. The molecule has 0 saturated heterocycles. The van der Waals surface area contributed by atoms with Crippen LogP contribution in [0.1, 0.15) is 36.1 Å². The third kappa shape index (κ3) is 8.32. The molecule has 0 heterocycles. The first-order valence-electron chi connectivity index (χ1n) is 13.2. The van der Waals surface area contributed by atoms with Gasteiger partial charge in [-0.1, -0.05) is 87.7 Å². The molecule has 0 fully saturated rings. The van der Waals surface area contributed by atoms with Gasteiger partial charge in [0, 0.05) is 26.7 Å². The van der Waals surface area contributed by atoms with E-state index in [1.807, 2.05) is 12.2 Å². The number of thioether (sulfide) groups is 2. The molecule has 0 radical (unpaired) electrons. The monoisotopic (exact) mass is 552 g/mol. The average molecular weight is 553 g/mol. The van der Waals surface area contributed by atoms with Crippen LogP contribution in [0, 0.1) is 0 Å². The van der Waals surface area contributed by atoms with Gasteiger partial charge in [-0.15, -0.1) is 23.5 Å². The topological polar surface area (TPSA) is 18.5 Å². The van der Waals surface area contributed by atoms with Crippen LogP contribution in [0.15, 0.2) is 120 Å². The van der Waals surface area contributed by atoms with Gasteiger partial charge in [0.1, 0.15) is 11.5 Å². The van der Waals surface area contributed by atoms with E-state index in [4.69, 9.17) is 9.47 Å². The van der Waals surface area contributed by atoms with Crippen LogP contribution < -0.4 is 9.47 Å². The highest BCUT2D eigenvalue weighted by atomic mass is 32.2. The molecule has 39 heavy (non-hydrogen) atoms. The zero-order valence-corrected chi connectivity index (χ0v) is 24.4. The van der Waals surface area contributed by atoms with Gasteiger partial charge in [-0.05, 0) is 70.8 Å². The summed E-state index contributed by atoms with van der Waals surface area (Å²) in [5.41, 5.74) is 4.65. The van der Waals surface area contributed by atoms with Crippen LogP contribution >= 0.6 is 23.5 Å². The Kier molecular flexibility index (Phi) is 10.4. The second-order valence-corrected chi connectivity index (χ2v) is 12.0. The quantitative estimate of drug-likeness (QED) is 0.114. The van der Waals surface area contributed by atoms with Gasteiger partial charge in [0.25, 0.3) is 0 Å². The molecule has 4 heteroatoms. The van der Waals surface area contributed by atoms with Gasteiger partial charge in [0.2, 0.25) is 0 Å². The van der Waals surface area contributed by atoms with Crippen LogP contribution in [0.4, 0.5) is 0 Å². The van der Waals surface area contributed by atoms with E-state index in [2.05, 4.69) is 124 Å². The van der Waals surface area contributed by atoms with E-state index in [-0.39, 0.29) is 5.41 Å². The Bertz CT molecular complexity index is 1220. The second-order valence-electron chi connectivity index (χ2n) is 9.61. The third-order valence-corrected chi connectivity index (χ3v) is 8.58. The highest BCUT2D eigenvalue weighted by Gasteiger charge is 2.23. The number of rotatable bonds is 14. The zero-order valence-electron chi connectivity index (χ0n) is 22.8. The molecule has 4 aromatic rings. The van der Waals surface area contributed by atoms with Gasteiger partial charge in [-0.3, -0.25) is 0 Å².